The number of rotatable bonds is 10. The average molecular weight is 547 g/mol. The van der Waals surface area contributed by atoms with Gasteiger partial charge in [-0.15, -0.1) is 0 Å². The van der Waals surface area contributed by atoms with Crippen LogP contribution in [0.1, 0.15) is 0 Å². The lowest BCUT2D eigenvalue weighted by Gasteiger charge is -2.48. The second kappa shape index (κ2) is 13.6. The molecule has 0 saturated carbocycles. The second-order valence-corrected chi connectivity index (χ2v) is 9.03. The summed E-state index contributed by atoms with van der Waals surface area (Å²) in [5.41, 5.74) is 0. The van der Waals surface area contributed by atoms with E-state index in [1.807, 2.05) is 0 Å². The van der Waals surface area contributed by atoms with Crippen molar-refractivity contribution in [3.05, 3.63) is 0 Å². The van der Waals surface area contributed by atoms with Crippen molar-refractivity contribution in [1.82, 2.24) is 0 Å². The van der Waals surface area contributed by atoms with Crippen molar-refractivity contribution in [2.75, 3.05) is 41.2 Å². The Morgan fingerprint density at radius 2 is 1.08 bits per heavy atom. The molecule has 16 heteroatoms. The Labute approximate surface area is 212 Å². The van der Waals surface area contributed by atoms with Gasteiger partial charge in [0.05, 0.1) is 19.8 Å². The molecule has 0 unspecified atom stereocenters. The molecule has 0 aromatic rings. The lowest BCUT2D eigenvalue weighted by molar-refractivity contribution is -0.379. The molecule has 0 radical (unpaired) electrons. The van der Waals surface area contributed by atoms with Gasteiger partial charge < -0.3 is 78.7 Å². The molecule has 0 aromatic carbocycles. The van der Waals surface area contributed by atoms with Gasteiger partial charge in [0.25, 0.3) is 0 Å². The smallest absolute Gasteiger partial charge is 0.187 e. The van der Waals surface area contributed by atoms with Crippen molar-refractivity contribution < 1.29 is 78.7 Å². The van der Waals surface area contributed by atoms with Gasteiger partial charge in [-0.25, -0.2) is 0 Å². The summed E-state index contributed by atoms with van der Waals surface area (Å²) in [6, 6.07) is 0. The topological polar surface area (TPSA) is 236 Å². The van der Waals surface area contributed by atoms with Gasteiger partial charge in [0.2, 0.25) is 0 Å². The average Bonchev–Trinajstić information content (AvgIpc) is 2.89. The Kier molecular flexibility index (Phi) is 11.4. The molecule has 8 N–H and O–H groups in total. The summed E-state index contributed by atoms with van der Waals surface area (Å²) >= 11 is 0. The van der Waals surface area contributed by atoms with Crippen LogP contribution in [0.15, 0.2) is 0 Å². The molecule has 3 heterocycles. The summed E-state index contributed by atoms with van der Waals surface area (Å²) in [7, 11) is 4.08. The Bertz CT molecular complexity index is 683. The van der Waals surface area contributed by atoms with Crippen molar-refractivity contribution in [1.29, 1.82) is 0 Å². The predicted octanol–water partition coefficient (Wildman–Crippen LogP) is -5.61. The molecule has 0 spiro atoms. The first kappa shape index (κ1) is 30.9. The highest BCUT2D eigenvalue weighted by Crippen LogP contribution is 2.33. The Morgan fingerprint density at radius 1 is 0.541 bits per heavy atom. The quantitative estimate of drug-likeness (QED) is 0.127. The number of ether oxygens (including phenoxy) is 8. The van der Waals surface area contributed by atoms with Gasteiger partial charge in [0.1, 0.15) is 73.2 Å². The third-order valence-electron chi connectivity index (χ3n) is 6.74. The minimum atomic E-state index is -1.79. The number of methoxy groups -OCH3 is 3. The molecule has 16 nitrogen and oxygen atoms in total. The van der Waals surface area contributed by atoms with Crippen molar-refractivity contribution >= 4 is 0 Å². The summed E-state index contributed by atoms with van der Waals surface area (Å²) in [5, 5.41) is 81.4. The highest BCUT2D eigenvalue weighted by molar-refractivity contribution is 4.96. The molecular weight excluding hydrogens is 508 g/mol. The van der Waals surface area contributed by atoms with Crippen LogP contribution in [0.25, 0.3) is 0 Å². The lowest BCUT2D eigenvalue weighted by Crippen LogP contribution is -2.66. The fraction of sp³-hybridized carbons (Fsp3) is 1.00. The largest absolute Gasteiger partial charge is 0.394 e. The van der Waals surface area contributed by atoms with E-state index in [2.05, 4.69) is 0 Å². The first-order chi connectivity index (χ1) is 17.6. The van der Waals surface area contributed by atoms with E-state index in [-0.39, 0.29) is 6.61 Å². The van der Waals surface area contributed by atoms with Crippen molar-refractivity contribution in [3.63, 3.8) is 0 Å². The van der Waals surface area contributed by atoms with Gasteiger partial charge >= 0.3 is 0 Å². The number of aliphatic hydroxyl groups excluding tert-OH is 8. The first-order valence-corrected chi connectivity index (χ1v) is 11.7. The van der Waals surface area contributed by atoms with Gasteiger partial charge in [0.15, 0.2) is 18.9 Å². The standard InChI is InChI=1S/C21H38O16/c1-30-6-9-16(17(31-2)18(32-3)19(29)33-9)37-21-14(28)12(26)15(8(5-23)35-21)36-20-13(27)11(25)10(24)7(4-22)34-20/h7-29H,4-6H2,1-3H3/t7-,8-,9-,10-,11+,12-,13-,14-,15-,16-,17+,18-,19+,20+,21+/m1/s1. The van der Waals surface area contributed by atoms with E-state index in [9.17, 15) is 40.9 Å². The fourth-order valence-corrected chi connectivity index (χ4v) is 4.70. The second-order valence-electron chi connectivity index (χ2n) is 9.03. The van der Waals surface area contributed by atoms with E-state index in [0.717, 1.165) is 0 Å². The molecule has 37 heavy (non-hydrogen) atoms. The van der Waals surface area contributed by atoms with Crippen LogP contribution in [-0.2, 0) is 37.9 Å². The van der Waals surface area contributed by atoms with Crippen LogP contribution >= 0.6 is 0 Å². The molecule has 3 rings (SSSR count). The van der Waals surface area contributed by atoms with Gasteiger partial charge in [-0.1, -0.05) is 0 Å². The van der Waals surface area contributed by atoms with Crippen LogP contribution in [0.3, 0.4) is 0 Å². The Hall–Kier alpha value is -0.640. The molecule has 0 bridgehead atoms. The summed E-state index contributed by atoms with van der Waals surface area (Å²) < 4.78 is 43.8. The molecule has 3 aliphatic heterocycles. The SMILES string of the molecule is COC[C@H]1O[C@H](O)[C@H](OC)[C@@H](OC)[C@@H]1O[C@@H]1O[C@H](CO)[C@@H](O[C@@H]2O[C@H](CO)[C@@H](O)[C@H](O)[C@H]2O)[C@H](O)[C@H]1O. The molecule has 3 aliphatic rings. The van der Waals surface area contributed by atoms with Crippen LogP contribution in [0.2, 0.25) is 0 Å². The fourth-order valence-electron chi connectivity index (χ4n) is 4.70. The van der Waals surface area contributed by atoms with Crippen LogP contribution in [0, 0.1) is 0 Å². The van der Waals surface area contributed by atoms with Crippen molar-refractivity contribution in [2.24, 2.45) is 0 Å². The predicted molar refractivity (Wildman–Crippen MR) is 116 cm³/mol. The van der Waals surface area contributed by atoms with E-state index in [1.54, 1.807) is 0 Å². The summed E-state index contributed by atoms with van der Waals surface area (Å²) in [5.74, 6) is 0. The maximum Gasteiger partial charge on any atom is 0.187 e. The minimum Gasteiger partial charge on any atom is -0.394 e. The molecule has 15 atom stereocenters. The normalized spacial score (nSPS) is 49.2. The third-order valence-corrected chi connectivity index (χ3v) is 6.74. The Balaban J connectivity index is 1.76. The Morgan fingerprint density at radius 3 is 1.62 bits per heavy atom. The third kappa shape index (κ3) is 6.41. The van der Waals surface area contributed by atoms with E-state index >= 15 is 0 Å². The number of hydrogen-bond acceptors (Lipinski definition) is 16. The van der Waals surface area contributed by atoms with Gasteiger partial charge in [-0.2, -0.15) is 0 Å². The zero-order valence-electron chi connectivity index (χ0n) is 20.6. The zero-order valence-corrected chi connectivity index (χ0v) is 20.6. The molecule has 0 aliphatic carbocycles. The van der Waals surface area contributed by atoms with Crippen molar-refractivity contribution in [2.45, 2.75) is 92.1 Å². The van der Waals surface area contributed by atoms with Gasteiger partial charge in [-0.05, 0) is 0 Å². The van der Waals surface area contributed by atoms with E-state index < -0.39 is 105 Å². The van der Waals surface area contributed by atoms with Crippen LogP contribution in [0.5, 0.6) is 0 Å². The highest BCUT2D eigenvalue weighted by Gasteiger charge is 2.53. The highest BCUT2D eigenvalue weighted by atomic mass is 16.8. The van der Waals surface area contributed by atoms with Crippen LogP contribution in [0.4, 0.5) is 0 Å². The summed E-state index contributed by atoms with van der Waals surface area (Å²) in [6.07, 6.45) is -21.2. The molecular formula is C21H38O16. The van der Waals surface area contributed by atoms with Gasteiger partial charge in [0, 0.05) is 21.3 Å². The van der Waals surface area contributed by atoms with Crippen LogP contribution in [-0.4, -0.2) is 174 Å². The van der Waals surface area contributed by atoms with Crippen LogP contribution < -0.4 is 0 Å². The lowest BCUT2D eigenvalue weighted by atomic mass is 9.96. The van der Waals surface area contributed by atoms with E-state index in [1.165, 1.54) is 21.3 Å². The number of aliphatic hydroxyl groups is 8. The monoisotopic (exact) mass is 546 g/mol. The maximum atomic E-state index is 10.8. The summed E-state index contributed by atoms with van der Waals surface area (Å²) in [4.78, 5) is 0. The zero-order chi connectivity index (χ0) is 27.4. The molecule has 3 fully saturated rings. The van der Waals surface area contributed by atoms with Gasteiger partial charge in [-0.3, -0.25) is 0 Å². The van der Waals surface area contributed by atoms with E-state index in [0.29, 0.717) is 0 Å². The van der Waals surface area contributed by atoms with E-state index in [4.69, 9.17) is 37.9 Å². The summed E-state index contributed by atoms with van der Waals surface area (Å²) in [6.45, 7) is -1.49. The minimum absolute atomic E-state index is 0.0460. The molecule has 0 aromatic heterocycles. The maximum absolute atomic E-state index is 10.8. The first-order valence-electron chi connectivity index (χ1n) is 11.7. The molecule has 218 valence electrons. The molecule has 3 saturated heterocycles. The number of hydrogen-bond donors (Lipinski definition) is 8. The molecule has 0 amide bonds. The van der Waals surface area contributed by atoms with Crippen molar-refractivity contribution in [3.8, 4) is 0 Å².